The second kappa shape index (κ2) is 9.15. The van der Waals surface area contributed by atoms with Crippen molar-refractivity contribution in [3.8, 4) is 11.5 Å². The van der Waals surface area contributed by atoms with E-state index in [1.165, 1.54) is 16.8 Å². The number of benzene rings is 3. The molecule has 0 saturated carbocycles. The topological polar surface area (TPSA) is 87.3 Å². The van der Waals surface area contributed by atoms with Crippen LogP contribution >= 0.6 is 11.8 Å². The number of carbonyl (C=O) groups excluding carboxylic acids is 1. The molecule has 0 aromatic heterocycles. The first-order chi connectivity index (χ1) is 16.6. The second-order valence-corrected chi connectivity index (χ2v) is 8.75. The lowest BCUT2D eigenvalue weighted by Crippen LogP contribution is -2.35. The van der Waals surface area contributed by atoms with E-state index in [2.05, 4.69) is 28.3 Å². The van der Waals surface area contributed by atoms with E-state index in [1.54, 1.807) is 25.3 Å². The lowest BCUT2D eigenvalue weighted by atomic mass is 10.1. The highest BCUT2D eigenvalue weighted by Crippen LogP contribution is 2.32. The molecule has 2 aliphatic rings. The van der Waals surface area contributed by atoms with Crippen LogP contribution in [0.4, 0.5) is 0 Å². The molecule has 2 heterocycles. The molecule has 1 amide bonds. The van der Waals surface area contributed by atoms with E-state index in [0.717, 1.165) is 27.8 Å². The van der Waals surface area contributed by atoms with E-state index >= 15 is 0 Å². The maximum atomic E-state index is 12.6. The fraction of sp³-hybridized carbons (Fsp3) is 0.154. The molecule has 0 spiro atoms. The number of hydrogen-bond acceptors (Lipinski definition) is 6. The van der Waals surface area contributed by atoms with Gasteiger partial charge < -0.3 is 9.47 Å². The van der Waals surface area contributed by atoms with Crippen molar-refractivity contribution in [3.05, 3.63) is 77.4 Å². The maximum absolute atomic E-state index is 12.6. The summed E-state index contributed by atoms with van der Waals surface area (Å²) in [5.74, 6) is 0.695. The Kier molecular flexibility index (Phi) is 5.90. The molecule has 3 aromatic rings. The highest BCUT2D eigenvalue weighted by molar-refractivity contribution is 8.26. The number of nitrogens with zero attached hydrogens (tertiary/aromatic N) is 3. The molecular weight excluding hydrogens is 448 g/mol. The zero-order valence-electron chi connectivity index (χ0n) is 18.7. The fourth-order valence-corrected chi connectivity index (χ4v) is 4.63. The summed E-state index contributed by atoms with van der Waals surface area (Å²) in [5.41, 5.74) is 1.96. The van der Waals surface area contributed by atoms with Gasteiger partial charge in [-0.1, -0.05) is 55.5 Å². The van der Waals surface area contributed by atoms with Gasteiger partial charge in [-0.25, -0.2) is 0 Å². The third kappa shape index (κ3) is 4.08. The predicted molar refractivity (Wildman–Crippen MR) is 137 cm³/mol. The number of aliphatic imine (C=N–C) groups is 1. The molecule has 1 N–H and O–H groups in total. The Morgan fingerprint density at radius 3 is 2.74 bits per heavy atom. The Labute approximate surface area is 201 Å². The van der Waals surface area contributed by atoms with Gasteiger partial charge in [-0.2, -0.15) is 15.1 Å². The molecule has 7 nitrogen and oxygen atoms in total. The fourth-order valence-electron chi connectivity index (χ4n) is 3.81. The van der Waals surface area contributed by atoms with Gasteiger partial charge in [0.05, 0.1) is 12.7 Å². The number of amidine groups is 2. The summed E-state index contributed by atoms with van der Waals surface area (Å²) in [4.78, 5) is 16.7. The van der Waals surface area contributed by atoms with Crippen LogP contribution in [0, 0.1) is 5.41 Å². The number of amides is 1. The van der Waals surface area contributed by atoms with Crippen LogP contribution in [0.5, 0.6) is 11.5 Å². The molecule has 0 saturated heterocycles. The zero-order valence-corrected chi connectivity index (χ0v) is 19.6. The lowest BCUT2D eigenvalue weighted by Gasteiger charge is -2.20. The van der Waals surface area contributed by atoms with Gasteiger partial charge in [0.1, 0.15) is 11.7 Å². The van der Waals surface area contributed by atoms with E-state index in [-0.39, 0.29) is 11.4 Å². The zero-order chi connectivity index (χ0) is 23.7. The summed E-state index contributed by atoms with van der Waals surface area (Å²) in [6, 6.07) is 19.7. The summed E-state index contributed by atoms with van der Waals surface area (Å²) in [7, 11) is 1.57. The van der Waals surface area contributed by atoms with Crippen LogP contribution in [-0.4, -0.2) is 34.1 Å². The van der Waals surface area contributed by atoms with Crippen LogP contribution in [0.15, 0.2) is 76.3 Å². The summed E-state index contributed by atoms with van der Waals surface area (Å²) < 4.78 is 11.6. The van der Waals surface area contributed by atoms with Crippen molar-refractivity contribution in [1.82, 2.24) is 5.01 Å². The van der Waals surface area contributed by atoms with Crippen molar-refractivity contribution >= 4 is 50.6 Å². The molecular formula is C26H22N4O3S. The SMILES string of the molecule is CCC1=NN2C(=N)/C(=C/c3ccc(OCc4cccc5ccccc45)c(OC)c3)C(=O)N=C2S1. The Bertz CT molecular complexity index is 1400. The van der Waals surface area contributed by atoms with Gasteiger partial charge in [0.2, 0.25) is 5.17 Å². The van der Waals surface area contributed by atoms with Crippen LogP contribution in [0.2, 0.25) is 0 Å². The van der Waals surface area contributed by atoms with E-state index in [9.17, 15) is 4.79 Å². The van der Waals surface area contributed by atoms with E-state index in [1.807, 2.05) is 37.3 Å². The molecule has 0 aliphatic carbocycles. The Hall–Kier alpha value is -3.91. The minimum absolute atomic E-state index is 0.0150. The molecule has 0 fully saturated rings. The first-order valence-corrected chi connectivity index (χ1v) is 11.7. The number of hydrogen-bond donors (Lipinski definition) is 1. The molecule has 5 rings (SSSR count). The first-order valence-electron chi connectivity index (χ1n) is 10.8. The van der Waals surface area contributed by atoms with Gasteiger partial charge >= 0.3 is 0 Å². The molecule has 0 bridgehead atoms. The first kappa shape index (κ1) is 21.9. The second-order valence-electron chi connectivity index (χ2n) is 7.70. The Morgan fingerprint density at radius 1 is 1.09 bits per heavy atom. The summed E-state index contributed by atoms with van der Waals surface area (Å²) in [5, 5.41) is 17.8. The summed E-state index contributed by atoms with van der Waals surface area (Å²) >= 11 is 1.32. The molecule has 2 aliphatic heterocycles. The summed E-state index contributed by atoms with van der Waals surface area (Å²) in [6.45, 7) is 2.37. The minimum atomic E-state index is -0.452. The van der Waals surface area contributed by atoms with Gasteiger partial charge in [-0.15, -0.1) is 0 Å². The van der Waals surface area contributed by atoms with Gasteiger partial charge in [0.25, 0.3) is 5.91 Å². The van der Waals surface area contributed by atoms with Gasteiger partial charge in [-0.3, -0.25) is 10.2 Å². The highest BCUT2D eigenvalue weighted by Gasteiger charge is 2.35. The molecule has 170 valence electrons. The van der Waals surface area contributed by atoms with Crippen molar-refractivity contribution < 1.29 is 14.3 Å². The molecule has 8 heteroatoms. The maximum Gasteiger partial charge on any atom is 0.283 e. The number of hydrazone groups is 1. The smallest absolute Gasteiger partial charge is 0.283 e. The van der Waals surface area contributed by atoms with Crippen molar-refractivity contribution in [2.24, 2.45) is 10.1 Å². The van der Waals surface area contributed by atoms with E-state index in [0.29, 0.717) is 28.8 Å². The van der Waals surface area contributed by atoms with Crippen LogP contribution in [0.3, 0.4) is 0 Å². The molecule has 34 heavy (non-hydrogen) atoms. The Balaban J connectivity index is 1.39. The molecule has 0 unspecified atom stereocenters. The largest absolute Gasteiger partial charge is 0.493 e. The van der Waals surface area contributed by atoms with Crippen LogP contribution in [-0.2, 0) is 11.4 Å². The third-order valence-corrected chi connectivity index (χ3v) is 6.61. The normalized spacial score (nSPS) is 16.5. The lowest BCUT2D eigenvalue weighted by molar-refractivity contribution is -0.114. The van der Waals surface area contributed by atoms with Crippen molar-refractivity contribution in [3.63, 3.8) is 0 Å². The monoisotopic (exact) mass is 470 g/mol. The molecule has 0 atom stereocenters. The van der Waals surface area contributed by atoms with Crippen molar-refractivity contribution in [2.75, 3.05) is 7.11 Å². The average molecular weight is 471 g/mol. The third-order valence-electron chi connectivity index (χ3n) is 5.56. The van der Waals surface area contributed by atoms with Gasteiger partial charge in [0.15, 0.2) is 17.3 Å². The number of methoxy groups -OCH3 is 1. The average Bonchev–Trinajstić information content (AvgIpc) is 3.29. The minimum Gasteiger partial charge on any atom is -0.493 e. The molecule has 3 aromatic carbocycles. The van der Waals surface area contributed by atoms with Gasteiger partial charge in [0, 0.05) is 0 Å². The van der Waals surface area contributed by atoms with Crippen molar-refractivity contribution in [2.45, 2.75) is 20.0 Å². The highest BCUT2D eigenvalue weighted by atomic mass is 32.2. The molecule has 0 radical (unpaired) electrons. The number of ether oxygens (including phenoxy) is 2. The number of carbonyl (C=O) groups is 1. The number of thioether (sulfide) groups is 1. The van der Waals surface area contributed by atoms with Crippen molar-refractivity contribution in [1.29, 1.82) is 5.41 Å². The number of rotatable bonds is 6. The Morgan fingerprint density at radius 2 is 1.91 bits per heavy atom. The van der Waals surface area contributed by atoms with Gasteiger partial charge in [-0.05, 0) is 58.3 Å². The number of nitrogens with one attached hydrogen (secondary N) is 1. The van der Waals surface area contributed by atoms with Crippen LogP contribution in [0.25, 0.3) is 16.8 Å². The number of fused-ring (bicyclic) bond motifs is 2. The van der Waals surface area contributed by atoms with E-state index < -0.39 is 5.91 Å². The quantitative estimate of drug-likeness (QED) is 0.484. The summed E-state index contributed by atoms with van der Waals surface area (Å²) in [6.07, 6.45) is 2.35. The van der Waals surface area contributed by atoms with E-state index in [4.69, 9.17) is 14.9 Å². The van der Waals surface area contributed by atoms with Crippen LogP contribution in [0.1, 0.15) is 24.5 Å². The standard InChI is InChI=1S/C26H22N4O3S/c1-3-23-29-30-24(27)20(25(31)28-26(30)34-23)13-16-11-12-21(22(14-16)32-2)33-15-18-9-6-8-17-7-4-5-10-19(17)18/h4-14,27H,3,15H2,1-2H3/b20-13-,27-24?. The van der Waals surface area contributed by atoms with Crippen LogP contribution < -0.4 is 9.47 Å². The predicted octanol–water partition coefficient (Wildman–Crippen LogP) is 5.46.